The Morgan fingerprint density at radius 2 is 1.66 bits per heavy atom. The topological polar surface area (TPSA) is 84.0 Å². The Bertz CT molecular complexity index is 1050. The minimum Gasteiger partial charge on any atom is -0.466 e. The number of aryl methyl sites for hydroxylation is 1. The first kappa shape index (κ1) is 24.1. The molecule has 1 aliphatic heterocycles. The summed E-state index contributed by atoms with van der Waals surface area (Å²) >= 11 is 5.91. The van der Waals surface area contributed by atoms with Crippen LogP contribution in [0, 0.1) is 12.8 Å². The van der Waals surface area contributed by atoms with Gasteiger partial charge in [0.05, 0.1) is 23.1 Å². The maximum Gasteiger partial charge on any atom is 0.309 e. The molecule has 1 fully saturated rings. The number of carbonyl (C=O) groups excluding carboxylic acids is 2. The van der Waals surface area contributed by atoms with E-state index in [-0.39, 0.29) is 29.2 Å². The summed E-state index contributed by atoms with van der Waals surface area (Å²) in [6.45, 7) is 4.41. The number of esters is 1. The molecule has 0 bridgehead atoms. The third-order valence-electron chi connectivity index (χ3n) is 5.47. The van der Waals surface area contributed by atoms with Crippen LogP contribution >= 0.6 is 11.6 Å². The first-order chi connectivity index (χ1) is 15.2. The number of sulfonamides is 1. The van der Waals surface area contributed by atoms with Crippen molar-refractivity contribution in [2.45, 2.75) is 31.6 Å². The molecule has 9 heteroatoms. The molecular formula is C23H27ClN2O5S. The van der Waals surface area contributed by atoms with E-state index in [2.05, 4.69) is 0 Å². The highest BCUT2D eigenvalue weighted by molar-refractivity contribution is 7.92. The highest BCUT2D eigenvalue weighted by atomic mass is 35.5. The molecule has 2 aromatic carbocycles. The zero-order chi connectivity index (χ0) is 23.3. The summed E-state index contributed by atoms with van der Waals surface area (Å²) in [7, 11) is -4.00. The Hall–Kier alpha value is -2.58. The van der Waals surface area contributed by atoms with Gasteiger partial charge in [-0.2, -0.15) is 0 Å². The molecule has 2 aromatic rings. The van der Waals surface area contributed by atoms with Crippen molar-refractivity contribution < 1.29 is 22.7 Å². The van der Waals surface area contributed by atoms with Crippen molar-refractivity contribution in [3.63, 3.8) is 0 Å². The lowest BCUT2D eigenvalue weighted by atomic mass is 9.97. The van der Waals surface area contributed by atoms with Crippen molar-refractivity contribution in [3.8, 4) is 0 Å². The number of anilines is 1. The van der Waals surface area contributed by atoms with Gasteiger partial charge in [0.1, 0.15) is 6.54 Å². The molecule has 172 valence electrons. The van der Waals surface area contributed by atoms with Crippen LogP contribution in [0.1, 0.15) is 25.3 Å². The molecule has 1 amide bonds. The van der Waals surface area contributed by atoms with Gasteiger partial charge in [-0.15, -0.1) is 0 Å². The van der Waals surface area contributed by atoms with Gasteiger partial charge in [-0.3, -0.25) is 13.9 Å². The fourth-order valence-corrected chi connectivity index (χ4v) is 5.15. The zero-order valence-corrected chi connectivity index (χ0v) is 19.7. The normalized spacial score (nSPS) is 14.8. The molecule has 0 N–H and O–H groups in total. The fourth-order valence-electron chi connectivity index (χ4n) is 3.61. The van der Waals surface area contributed by atoms with Crippen LogP contribution < -0.4 is 4.31 Å². The van der Waals surface area contributed by atoms with Crippen LogP contribution in [0.2, 0.25) is 5.02 Å². The number of piperidine rings is 1. The highest BCUT2D eigenvalue weighted by Crippen LogP contribution is 2.26. The number of benzene rings is 2. The quantitative estimate of drug-likeness (QED) is 0.567. The average Bonchev–Trinajstić information content (AvgIpc) is 2.78. The molecule has 0 radical (unpaired) electrons. The number of rotatable bonds is 7. The van der Waals surface area contributed by atoms with Crippen molar-refractivity contribution in [2.24, 2.45) is 5.92 Å². The number of amides is 1. The van der Waals surface area contributed by atoms with E-state index in [1.54, 1.807) is 36.1 Å². The number of carbonyl (C=O) groups is 2. The lowest BCUT2D eigenvalue weighted by Gasteiger charge is -2.33. The van der Waals surface area contributed by atoms with Crippen LogP contribution in [-0.4, -0.2) is 51.4 Å². The fraction of sp³-hybridized carbons (Fsp3) is 0.391. The van der Waals surface area contributed by atoms with E-state index in [1.165, 1.54) is 24.3 Å². The molecule has 0 aliphatic carbocycles. The van der Waals surface area contributed by atoms with Gasteiger partial charge in [0, 0.05) is 18.1 Å². The predicted octanol–water partition coefficient (Wildman–Crippen LogP) is 3.65. The van der Waals surface area contributed by atoms with Crippen molar-refractivity contribution in [3.05, 3.63) is 59.1 Å². The Labute approximate surface area is 194 Å². The molecule has 0 aromatic heterocycles. The maximum absolute atomic E-state index is 13.4. The lowest BCUT2D eigenvalue weighted by molar-refractivity contribution is -0.151. The summed E-state index contributed by atoms with van der Waals surface area (Å²) in [5.41, 5.74) is 1.38. The van der Waals surface area contributed by atoms with Crippen LogP contribution in [0.5, 0.6) is 0 Å². The van der Waals surface area contributed by atoms with Gasteiger partial charge in [0.25, 0.3) is 10.0 Å². The van der Waals surface area contributed by atoms with Gasteiger partial charge in [0.15, 0.2) is 0 Å². The summed E-state index contributed by atoms with van der Waals surface area (Å²) in [6.07, 6.45) is 0.998. The first-order valence-corrected chi connectivity index (χ1v) is 12.3. The van der Waals surface area contributed by atoms with E-state index in [9.17, 15) is 18.0 Å². The third-order valence-corrected chi connectivity index (χ3v) is 7.51. The van der Waals surface area contributed by atoms with Crippen LogP contribution in [0.3, 0.4) is 0 Å². The molecule has 0 saturated carbocycles. The van der Waals surface area contributed by atoms with Crippen molar-refractivity contribution in [2.75, 3.05) is 30.5 Å². The molecule has 0 spiro atoms. The van der Waals surface area contributed by atoms with Crippen LogP contribution in [0.4, 0.5) is 5.69 Å². The van der Waals surface area contributed by atoms with E-state index < -0.39 is 10.0 Å². The minimum absolute atomic E-state index is 0.0521. The molecule has 1 saturated heterocycles. The highest BCUT2D eigenvalue weighted by Gasteiger charge is 2.32. The largest absolute Gasteiger partial charge is 0.466 e. The number of ether oxygens (including phenoxy) is 1. The molecule has 7 nitrogen and oxygen atoms in total. The van der Waals surface area contributed by atoms with Gasteiger partial charge >= 0.3 is 5.97 Å². The standard InChI is InChI=1S/C23H27ClN2O5S/c1-3-31-23(28)18-12-14-25(15-13-18)22(27)16-26(20-8-4-17(2)5-9-20)32(29,30)21-10-6-19(24)7-11-21/h4-11,18H,3,12-16H2,1-2H3. The molecule has 3 rings (SSSR count). The Balaban J connectivity index is 1.80. The van der Waals surface area contributed by atoms with E-state index in [4.69, 9.17) is 16.3 Å². The average molecular weight is 479 g/mol. The number of likely N-dealkylation sites (tertiary alicyclic amines) is 1. The molecular weight excluding hydrogens is 452 g/mol. The van der Waals surface area contributed by atoms with Gasteiger partial charge in [-0.05, 0) is 63.1 Å². The van der Waals surface area contributed by atoms with Crippen molar-refractivity contribution >= 4 is 39.2 Å². The zero-order valence-electron chi connectivity index (χ0n) is 18.2. The monoisotopic (exact) mass is 478 g/mol. The summed E-state index contributed by atoms with van der Waals surface area (Å²) < 4.78 is 33.0. The Kier molecular flexibility index (Phi) is 7.79. The minimum atomic E-state index is -4.00. The van der Waals surface area contributed by atoms with Gasteiger partial charge in [-0.1, -0.05) is 29.3 Å². The van der Waals surface area contributed by atoms with E-state index in [0.717, 1.165) is 9.87 Å². The predicted molar refractivity (Wildman–Crippen MR) is 123 cm³/mol. The smallest absolute Gasteiger partial charge is 0.309 e. The third kappa shape index (κ3) is 5.61. The Morgan fingerprint density at radius 1 is 1.06 bits per heavy atom. The second-order valence-electron chi connectivity index (χ2n) is 7.71. The van der Waals surface area contributed by atoms with Crippen molar-refractivity contribution in [1.29, 1.82) is 0 Å². The summed E-state index contributed by atoms with van der Waals surface area (Å²) in [4.78, 5) is 26.7. The number of nitrogens with zero attached hydrogens (tertiary/aromatic N) is 2. The van der Waals surface area contributed by atoms with Gasteiger partial charge in [-0.25, -0.2) is 8.42 Å². The number of halogens is 1. The van der Waals surface area contributed by atoms with E-state index >= 15 is 0 Å². The van der Waals surface area contributed by atoms with Gasteiger partial charge < -0.3 is 9.64 Å². The van der Waals surface area contributed by atoms with Crippen LogP contribution in [0.15, 0.2) is 53.4 Å². The second kappa shape index (κ2) is 10.4. The summed E-state index contributed by atoms with van der Waals surface area (Å²) in [6, 6.07) is 12.8. The van der Waals surface area contributed by atoms with E-state index in [1.807, 2.05) is 6.92 Å². The lowest BCUT2D eigenvalue weighted by Crippen LogP contribution is -2.46. The Morgan fingerprint density at radius 3 is 2.22 bits per heavy atom. The summed E-state index contributed by atoms with van der Waals surface area (Å²) in [5.74, 6) is -0.790. The molecule has 0 unspecified atom stereocenters. The molecule has 1 heterocycles. The SMILES string of the molecule is CCOC(=O)C1CCN(C(=O)CN(c2ccc(C)cc2)S(=O)(=O)c2ccc(Cl)cc2)CC1. The molecule has 1 aliphatic rings. The second-order valence-corrected chi connectivity index (χ2v) is 10.0. The summed E-state index contributed by atoms with van der Waals surface area (Å²) in [5, 5.41) is 0.423. The first-order valence-electron chi connectivity index (χ1n) is 10.5. The van der Waals surface area contributed by atoms with Crippen LogP contribution in [-0.2, 0) is 24.3 Å². The van der Waals surface area contributed by atoms with E-state index in [0.29, 0.717) is 43.2 Å². The van der Waals surface area contributed by atoms with Crippen molar-refractivity contribution in [1.82, 2.24) is 4.90 Å². The van der Waals surface area contributed by atoms with Crippen LogP contribution in [0.25, 0.3) is 0 Å². The molecule has 0 atom stereocenters. The molecule has 32 heavy (non-hydrogen) atoms. The number of hydrogen-bond donors (Lipinski definition) is 0. The maximum atomic E-state index is 13.4. The number of hydrogen-bond acceptors (Lipinski definition) is 5. The van der Waals surface area contributed by atoms with Gasteiger partial charge in [0.2, 0.25) is 5.91 Å².